The molecule has 1 heterocycles. The third kappa shape index (κ3) is 5.35. The number of nitrogens with one attached hydrogen (secondary N) is 2. The number of fused-ring (bicyclic) bond motifs is 1. The highest BCUT2D eigenvalue weighted by molar-refractivity contribution is 7.98. The summed E-state index contributed by atoms with van der Waals surface area (Å²) in [6.07, 6.45) is 6.02. The first-order valence-corrected chi connectivity index (χ1v) is 12.6. The van der Waals surface area contributed by atoms with Crippen LogP contribution in [-0.2, 0) is 17.6 Å². The lowest BCUT2D eigenvalue weighted by atomic mass is 10.1. The molecule has 2 N–H and O–H groups in total. The van der Waals surface area contributed by atoms with Gasteiger partial charge < -0.3 is 10.6 Å². The highest BCUT2D eigenvalue weighted by atomic mass is 32.2. The normalized spacial score (nSPS) is 13.5. The Balaban J connectivity index is 1.44. The molecule has 0 bridgehead atoms. The molecule has 3 aromatic rings. The lowest BCUT2D eigenvalue weighted by Crippen LogP contribution is -2.44. The molecule has 1 atom stereocenters. The van der Waals surface area contributed by atoms with Gasteiger partial charge in [-0.15, -0.1) is 11.3 Å². The maximum Gasteiger partial charge on any atom is 0.251 e. The van der Waals surface area contributed by atoms with Crippen LogP contribution < -0.4 is 10.6 Å². The van der Waals surface area contributed by atoms with E-state index < -0.39 is 6.04 Å². The van der Waals surface area contributed by atoms with E-state index in [0.717, 1.165) is 29.9 Å². The summed E-state index contributed by atoms with van der Waals surface area (Å²) < 4.78 is 0. The van der Waals surface area contributed by atoms with Crippen LogP contribution in [0.3, 0.4) is 0 Å². The van der Waals surface area contributed by atoms with E-state index in [0.29, 0.717) is 17.1 Å². The monoisotopic (exact) mass is 451 g/mol. The van der Waals surface area contributed by atoms with Crippen molar-refractivity contribution in [2.24, 2.45) is 0 Å². The Bertz CT molecular complexity index is 1070. The molecule has 0 saturated heterocycles. The highest BCUT2D eigenvalue weighted by Gasteiger charge is 2.22. The average molecular weight is 452 g/mol. The molecule has 1 aromatic heterocycles. The molecule has 0 radical (unpaired) electrons. The van der Waals surface area contributed by atoms with Crippen LogP contribution in [-0.4, -0.2) is 34.8 Å². The van der Waals surface area contributed by atoms with Gasteiger partial charge in [-0.1, -0.05) is 30.3 Å². The van der Waals surface area contributed by atoms with Gasteiger partial charge in [0.15, 0.2) is 5.13 Å². The van der Waals surface area contributed by atoms with E-state index in [1.165, 1.54) is 28.9 Å². The third-order valence-electron chi connectivity index (χ3n) is 5.40. The number of amides is 2. The highest BCUT2D eigenvalue weighted by Crippen LogP contribution is 2.30. The largest absolute Gasteiger partial charge is 0.340 e. The number of rotatable bonds is 8. The molecular formula is C24H25N3O2S2. The van der Waals surface area contributed by atoms with Gasteiger partial charge >= 0.3 is 0 Å². The number of thiazole rings is 1. The summed E-state index contributed by atoms with van der Waals surface area (Å²) in [5.41, 5.74) is 5.31. The zero-order chi connectivity index (χ0) is 21.6. The third-order valence-corrected chi connectivity index (χ3v) is 6.80. The van der Waals surface area contributed by atoms with E-state index in [1.54, 1.807) is 23.9 Å². The molecule has 0 saturated carbocycles. The number of aromatic nitrogens is 1. The van der Waals surface area contributed by atoms with E-state index in [4.69, 9.17) is 0 Å². The second kappa shape index (κ2) is 10.1. The van der Waals surface area contributed by atoms with Crippen LogP contribution in [0.2, 0.25) is 0 Å². The van der Waals surface area contributed by atoms with Gasteiger partial charge in [-0.3, -0.25) is 9.59 Å². The number of carbonyl (C=O) groups is 2. The summed E-state index contributed by atoms with van der Waals surface area (Å²) in [6.45, 7) is 0. The number of thioether (sulfide) groups is 1. The van der Waals surface area contributed by atoms with Crippen LogP contribution >= 0.6 is 23.1 Å². The molecule has 2 aromatic carbocycles. The molecule has 31 heavy (non-hydrogen) atoms. The summed E-state index contributed by atoms with van der Waals surface area (Å²) in [4.78, 5) is 30.1. The smallest absolute Gasteiger partial charge is 0.251 e. The lowest BCUT2D eigenvalue weighted by molar-refractivity contribution is -0.118. The molecule has 1 aliphatic carbocycles. The number of nitrogens with zero attached hydrogens (tertiary/aromatic N) is 1. The minimum Gasteiger partial charge on any atom is -0.340 e. The topological polar surface area (TPSA) is 71.1 Å². The van der Waals surface area contributed by atoms with Crippen LogP contribution in [0.4, 0.5) is 5.13 Å². The zero-order valence-corrected chi connectivity index (χ0v) is 19.0. The summed E-state index contributed by atoms with van der Waals surface area (Å²) in [5.74, 6) is 0.277. The number of carbonyl (C=O) groups excluding carboxylic acids is 2. The van der Waals surface area contributed by atoms with Crippen LogP contribution in [0.15, 0.2) is 53.9 Å². The predicted octanol–water partition coefficient (Wildman–Crippen LogP) is 4.79. The molecule has 0 spiro atoms. The van der Waals surface area contributed by atoms with Crippen molar-refractivity contribution in [2.45, 2.75) is 31.7 Å². The van der Waals surface area contributed by atoms with E-state index >= 15 is 0 Å². The summed E-state index contributed by atoms with van der Waals surface area (Å²) in [5, 5.41) is 8.27. The first-order valence-electron chi connectivity index (χ1n) is 10.4. The fourth-order valence-corrected chi connectivity index (χ4v) is 4.92. The molecular weight excluding hydrogens is 426 g/mol. The van der Waals surface area contributed by atoms with Gasteiger partial charge in [0, 0.05) is 16.5 Å². The molecule has 0 fully saturated rings. The van der Waals surface area contributed by atoms with Crippen LogP contribution in [0, 0.1) is 0 Å². The minimum atomic E-state index is -0.618. The van der Waals surface area contributed by atoms with Crippen LogP contribution in [0.1, 0.15) is 34.3 Å². The van der Waals surface area contributed by atoms with Crippen molar-refractivity contribution in [1.82, 2.24) is 10.3 Å². The standard InChI is InChI=1S/C24H25N3O2S2/c1-30-13-12-20(25-22(28)17-6-3-2-4-7-17)23(29)27-24-26-21(15-31-24)19-11-10-16-8-5-9-18(16)14-19/h2-4,6-7,10-11,14-15,20H,5,8-9,12-13H2,1H3,(H,25,28)(H,26,27,29). The maximum absolute atomic E-state index is 12.9. The zero-order valence-electron chi connectivity index (χ0n) is 17.4. The van der Waals surface area contributed by atoms with Crippen molar-refractivity contribution in [2.75, 3.05) is 17.3 Å². The van der Waals surface area contributed by atoms with E-state index in [1.807, 2.05) is 29.8 Å². The second-order valence-electron chi connectivity index (χ2n) is 7.54. The quantitative estimate of drug-likeness (QED) is 0.517. The fourth-order valence-electron chi connectivity index (χ4n) is 3.72. The van der Waals surface area contributed by atoms with Crippen molar-refractivity contribution in [3.8, 4) is 11.3 Å². The first-order chi connectivity index (χ1) is 15.1. The van der Waals surface area contributed by atoms with Crippen molar-refractivity contribution in [3.63, 3.8) is 0 Å². The Morgan fingerprint density at radius 2 is 1.94 bits per heavy atom. The van der Waals surface area contributed by atoms with E-state index in [-0.39, 0.29) is 11.8 Å². The number of anilines is 1. The minimum absolute atomic E-state index is 0.242. The Morgan fingerprint density at radius 1 is 1.13 bits per heavy atom. The molecule has 4 rings (SSSR count). The molecule has 1 aliphatic rings. The first kappa shape index (κ1) is 21.6. The number of hydrogen-bond acceptors (Lipinski definition) is 5. The van der Waals surface area contributed by atoms with Gasteiger partial charge in [0.2, 0.25) is 5.91 Å². The number of aryl methyl sites for hydroxylation is 2. The van der Waals surface area contributed by atoms with E-state index in [9.17, 15) is 9.59 Å². The van der Waals surface area contributed by atoms with Crippen LogP contribution in [0.25, 0.3) is 11.3 Å². The van der Waals surface area contributed by atoms with Crippen molar-refractivity contribution in [3.05, 3.63) is 70.6 Å². The van der Waals surface area contributed by atoms with Crippen molar-refractivity contribution < 1.29 is 9.59 Å². The molecule has 7 heteroatoms. The van der Waals surface area contributed by atoms with Gasteiger partial charge in [-0.05, 0) is 67.0 Å². The van der Waals surface area contributed by atoms with Gasteiger partial charge in [0.25, 0.3) is 5.91 Å². The SMILES string of the molecule is CSCCC(NC(=O)c1ccccc1)C(=O)Nc1nc(-c2ccc3c(c2)CCC3)cs1. The molecule has 5 nitrogen and oxygen atoms in total. The lowest BCUT2D eigenvalue weighted by Gasteiger charge is -2.17. The van der Waals surface area contributed by atoms with Gasteiger partial charge in [-0.2, -0.15) is 11.8 Å². The number of benzene rings is 2. The predicted molar refractivity (Wildman–Crippen MR) is 129 cm³/mol. The average Bonchev–Trinajstić information content (AvgIpc) is 3.45. The Morgan fingerprint density at radius 3 is 2.74 bits per heavy atom. The second-order valence-corrected chi connectivity index (χ2v) is 9.38. The summed E-state index contributed by atoms with van der Waals surface area (Å²) in [7, 11) is 0. The van der Waals surface area contributed by atoms with Crippen LogP contribution in [0.5, 0.6) is 0 Å². The fraction of sp³-hybridized carbons (Fsp3) is 0.292. The summed E-state index contributed by atoms with van der Waals surface area (Å²) in [6, 6.07) is 14.8. The van der Waals surface area contributed by atoms with Gasteiger partial charge in [0.1, 0.15) is 6.04 Å². The molecule has 0 aliphatic heterocycles. The summed E-state index contributed by atoms with van der Waals surface area (Å²) >= 11 is 3.04. The Labute approximate surface area is 190 Å². The van der Waals surface area contributed by atoms with E-state index in [2.05, 4.69) is 33.8 Å². The molecule has 1 unspecified atom stereocenters. The molecule has 160 valence electrons. The van der Waals surface area contributed by atoms with Crippen molar-refractivity contribution >= 4 is 40.0 Å². The van der Waals surface area contributed by atoms with Gasteiger partial charge in [-0.25, -0.2) is 4.98 Å². The molecule has 2 amide bonds. The number of hydrogen-bond donors (Lipinski definition) is 2. The van der Waals surface area contributed by atoms with Gasteiger partial charge in [0.05, 0.1) is 5.69 Å². The Kier molecular flexibility index (Phi) is 7.04. The maximum atomic E-state index is 12.9. The van der Waals surface area contributed by atoms with Crippen molar-refractivity contribution in [1.29, 1.82) is 0 Å². The Hall–Kier alpha value is -2.64.